The molecule has 1 N–H and O–H groups in total. The van der Waals surface area contributed by atoms with Crippen molar-refractivity contribution in [2.45, 2.75) is 39.3 Å². The molecule has 2 rings (SSSR count). The number of carbonyl (C=O) groups is 2. The molecule has 0 saturated carbocycles. The molecular weight excluding hydrogens is 531 g/mol. The summed E-state index contributed by atoms with van der Waals surface area (Å²) >= 11 is 12.6. The highest BCUT2D eigenvalue weighted by atomic mass is 35.5. The van der Waals surface area contributed by atoms with Gasteiger partial charge in [-0.15, -0.1) is 0 Å². The summed E-state index contributed by atoms with van der Waals surface area (Å²) in [5.74, 6) is -1.11. The average Bonchev–Trinajstić information content (AvgIpc) is 2.81. The molecule has 0 fully saturated rings. The van der Waals surface area contributed by atoms with Crippen molar-refractivity contribution in [2.24, 2.45) is 0 Å². The average molecular weight is 559 g/mol. The molecule has 10 nitrogen and oxygen atoms in total. The lowest BCUT2D eigenvalue weighted by atomic mass is 10.1. The van der Waals surface area contributed by atoms with E-state index in [2.05, 4.69) is 5.32 Å². The molecule has 1 atom stereocenters. The lowest BCUT2D eigenvalue weighted by Gasteiger charge is -2.33. The second-order valence-corrected chi connectivity index (χ2v) is 10.7. The lowest BCUT2D eigenvalue weighted by Crippen LogP contribution is -2.52. The van der Waals surface area contributed by atoms with Gasteiger partial charge < -0.3 is 10.2 Å². The van der Waals surface area contributed by atoms with E-state index >= 15 is 0 Å². The Morgan fingerprint density at radius 1 is 1.11 bits per heavy atom. The van der Waals surface area contributed by atoms with Crippen molar-refractivity contribution in [3.63, 3.8) is 0 Å². The number of anilines is 1. The van der Waals surface area contributed by atoms with E-state index in [4.69, 9.17) is 23.2 Å². The molecule has 0 aliphatic rings. The van der Waals surface area contributed by atoms with Crippen LogP contribution in [0.4, 0.5) is 11.4 Å². The maximum atomic E-state index is 13.6. The maximum absolute atomic E-state index is 13.6. The molecule has 0 radical (unpaired) electrons. The van der Waals surface area contributed by atoms with E-state index in [1.807, 2.05) is 6.92 Å². The number of hydrogen-bond acceptors (Lipinski definition) is 6. The van der Waals surface area contributed by atoms with Gasteiger partial charge >= 0.3 is 0 Å². The van der Waals surface area contributed by atoms with Crippen molar-refractivity contribution in [2.75, 3.05) is 23.7 Å². The number of nitrogens with zero attached hydrogens (tertiary/aromatic N) is 3. The van der Waals surface area contributed by atoms with Crippen LogP contribution in [0.25, 0.3) is 0 Å². The topological polar surface area (TPSA) is 130 Å². The van der Waals surface area contributed by atoms with Crippen LogP contribution in [0.1, 0.15) is 32.3 Å². The predicted molar refractivity (Wildman–Crippen MR) is 140 cm³/mol. The molecule has 2 aromatic rings. The molecule has 196 valence electrons. The highest BCUT2D eigenvalue weighted by Gasteiger charge is 2.32. The van der Waals surface area contributed by atoms with Crippen LogP contribution in [-0.2, 0) is 26.2 Å². The Hall–Kier alpha value is -2.89. The third kappa shape index (κ3) is 7.55. The van der Waals surface area contributed by atoms with Crippen molar-refractivity contribution in [3.8, 4) is 0 Å². The Balaban J connectivity index is 2.52. The number of benzene rings is 2. The molecule has 0 aliphatic carbocycles. The summed E-state index contributed by atoms with van der Waals surface area (Å²) in [6, 6.07) is 8.83. The van der Waals surface area contributed by atoms with E-state index in [0.717, 1.165) is 16.6 Å². The van der Waals surface area contributed by atoms with Crippen LogP contribution in [0.3, 0.4) is 0 Å². The zero-order valence-corrected chi connectivity index (χ0v) is 22.4. The number of hydrogen-bond donors (Lipinski definition) is 1. The summed E-state index contributed by atoms with van der Waals surface area (Å²) in [4.78, 5) is 38.3. The summed E-state index contributed by atoms with van der Waals surface area (Å²) in [6.07, 6.45) is 1.81. The van der Waals surface area contributed by atoms with Crippen LogP contribution in [0, 0.1) is 10.1 Å². The second kappa shape index (κ2) is 12.9. The molecule has 13 heteroatoms. The Morgan fingerprint density at radius 2 is 1.72 bits per heavy atom. The highest BCUT2D eigenvalue weighted by Crippen LogP contribution is 2.28. The molecule has 0 bridgehead atoms. The monoisotopic (exact) mass is 558 g/mol. The van der Waals surface area contributed by atoms with E-state index in [-0.39, 0.29) is 34.4 Å². The number of amides is 2. The Bertz CT molecular complexity index is 1200. The number of nitro groups is 1. The van der Waals surface area contributed by atoms with Crippen LogP contribution in [-0.4, -0.2) is 55.4 Å². The summed E-state index contributed by atoms with van der Waals surface area (Å²) < 4.78 is 26.0. The lowest BCUT2D eigenvalue weighted by molar-refractivity contribution is -0.384. The Labute approximate surface area is 220 Å². The number of rotatable bonds is 12. The molecule has 0 spiro atoms. The molecule has 0 aromatic heterocycles. The van der Waals surface area contributed by atoms with Crippen LogP contribution < -0.4 is 9.62 Å². The zero-order valence-electron chi connectivity index (χ0n) is 20.1. The molecule has 0 unspecified atom stereocenters. The van der Waals surface area contributed by atoms with E-state index in [9.17, 15) is 28.1 Å². The first-order chi connectivity index (χ1) is 16.9. The number of carbonyl (C=O) groups excluding carboxylic acids is 2. The van der Waals surface area contributed by atoms with Crippen molar-refractivity contribution in [1.82, 2.24) is 10.2 Å². The Morgan fingerprint density at radius 3 is 2.25 bits per heavy atom. The summed E-state index contributed by atoms with van der Waals surface area (Å²) in [6.45, 7) is 3.16. The number of nitro benzene ring substituents is 1. The van der Waals surface area contributed by atoms with Crippen LogP contribution in [0.15, 0.2) is 42.5 Å². The number of halogens is 2. The van der Waals surface area contributed by atoms with Crippen LogP contribution in [0.5, 0.6) is 0 Å². The fourth-order valence-electron chi connectivity index (χ4n) is 3.51. The molecule has 2 aromatic carbocycles. The van der Waals surface area contributed by atoms with E-state index in [1.165, 1.54) is 23.1 Å². The molecule has 0 saturated heterocycles. The Kier molecular flexibility index (Phi) is 10.5. The van der Waals surface area contributed by atoms with Crippen molar-refractivity contribution < 1.29 is 22.9 Å². The predicted octanol–water partition coefficient (Wildman–Crippen LogP) is 4.00. The normalized spacial score (nSPS) is 12.0. The van der Waals surface area contributed by atoms with E-state index in [0.29, 0.717) is 18.5 Å². The van der Waals surface area contributed by atoms with Gasteiger partial charge in [-0.25, -0.2) is 8.42 Å². The van der Waals surface area contributed by atoms with Gasteiger partial charge in [-0.3, -0.25) is 24.0 Å². The smallest absolute Gasteiger partial charge is 0.271 e. The van der Waals surface area contributed by atoms with Crippen molar-refractivity contribution in [3.05, 3.63) is 68.2 Å². The van der Waals surface area contributed by atoms with Gasteiger partial charge in [0.15, 0.2) is 0 Å². The van der Waals surface area contributed by atoms with Gasteiger partial charge in [-0.2, -0.15) is 0 Å². The summed E-state index contributed by atoms with van der Waals surface area (Å²) in [7, 11) is -4.03. The molecule has 0 aliphatic heterocycles. The van der Waals surface area contributed by atoms with Gasteiger partial charge in [0, 0.05) is 40.8 Å². The van der Waals surface area contributed by atoms with Crippen molar-refractivity contribution in [1.29, 1.82) is 0 Å². The number of sulfonamides is 1. The third-order valence-corrected chi connectivity index (χ3v) is 7.18. The summed E-state index contributed by atoms with van der Waals surface area (Å²) in [5.41, 5.74) is 0.00937. The molecule has 2 amide bonds. The third-order valence-electron chi connectivity index (χ3n) is 5.33. The minimum absolute atomic E-state index is 0.0562. The van der Waals surface area contributed by atoms with E-state index in [1.54, 1.807) is 25.1 Å². The van der Waals surface area contributed by atoms with Gasteiger partial charge in [-0.1, -0.05) is 49.2 Å². The highest BCUT2D eigenvalue weighted by molar-refractivity contribution is 7.92. The van der Waals surface area contributed by atoms with E-state index < -0.39 is 39.3 Å². The van der Waals surface area contributed by atoms with Crippen LogP contribution in [0.2, 0.25) is 10.0 Å². The fraction of sp³-hybridized carbons (Fsp3) is 0.391. The minimum Gasteiger partial charge on any atom is -0.354 e. The van der Waals surface area contributed by atoms with Gasteiger partial charge in [0.1, 0.15) is 12.6 Å². The largest absolute Gasteiger partial charge is 0.354 e. The maximum Gasteiger partial charge on any atom is 0.271 e. The number of nitrogens with one attached hydrogen (secondary N) is 1. The SMILES string of the molecule is CCCNC(=O)[C@H](CC)N(Cc1c(Cl)cccc1Cl)C(=O)CN(c1cccc([N+](=O)[O-])c1)S(C)(=O)=O. The van der Waals surface area contributed by atoms with Crippen molar-refractivity contribution >= 4 is 56.4 Å². The summed E-state index contributed by atoms with van der Waals surface area (Å²) in [5, 5.41) is 14.5. The van der Waals surface area contributed by atoms with Gasteiger partial charge in [0.05, 0.1) is 16.9 Å². The first-order valence-corrected chi connectivity index (χ1v) is 13.7. The quantitative estimate of drug-likeness (QED) is 0.309. The van der Waals surface area contributed by atoms with Crippen LogP contribution >= 0.6 is 23.2 Å². The fourth-order valence-corrected chi connectivity index (χ4v) is 4.87. The van der Waals surface area contributed by atoms with Gasteiger partial charge in [0.25, 0.3) is 5.69 Å². The standard InChI is InChI=1S/C23H28Cl2N4O6S/c1-4-12-26-23(31)21(5-2)27(14-18-19(24)10-7-11-20(18)25)22(30)15-28(36(3,34)35)16-8-6-9-17(13-16)29(32)33/h6-11,13,21H,4-5,12,14-15H2,1-3H3,(H,26,31)/t21-/m0/s1. The molecular formula is C23H28Cl2N4O6S. The minimum atomic E-state index is -4.03. The second-order valence-electron chi connectivity index (χ2n) is 7.98. The number of non-ortho nitro benzene ring substituents is 1. The van der Waals surface area contributed by atoms with Gasteiger partial charge in [0.2, 0.25) is 21.8 Å². The first-order valence-electron chi connectivity index (χ1n) is 11.1. The first kappa shape index (κ1) is 29.3. The zero-order chi connectivity index (χ0) is 27.0. The molecule has 36 heavy (non-hydrogen) atoms. The van der Waals surface area contributed by atoms with Gasteiger partial charge in [-0.05, 0) is 31.0 Å². The molecule has 0 heterocycles.